The zero-order valence-corrected chi connectivity index (χ0v) is 11.8. The van der Waals surface area contributed by atoms with Gasteiger partial charge in [-0.3, -0.25) is 4.79 Å². The van der Waals surface area contributed by atoms with E-state index in [1.165, 1.54) is 0 Å². The first-order valence-corrected chi connectivity index (χ1v) is 6.43. The number of amides is 1. The molecule has 4 heteroatoms. The lowest BCUT2D eigenvalue weighted by molar-refractivity contribution is -0.133. The Balaban J connectivity index is 2.76. The maximum Gasteiger partial charge on any atom is 0.226 e. The van der Waals surface area contributed by atoms with Gasteiger partial charge in [0.05, 0.1) is 5.92 Å². The summed E-state index contributed by atoms with van der Waals surface area (Å²) >= 11 is 11.3. The smallest absolute Gasteiger partial charge is 0.226 e. The summed E-state index contributed by atoms with van der Waals surface area (Å²) in [5, 5.41) is 0. The Labute approximate surface area is 108 Å². The van der Waals surface area contributed by atoms with E-state index in [2.05, 4.69) is 13.8 Å². The highest BCUT2D eigenvalue weighted by molar-refractivity contribution is 6.55. The van der Waals surface area contributed by atoms with E-state index in [9.17, 15) is 4.79 Å². The summed E-state index contributed by atoms with van der Waals surface area (Å²) in [6, 6.07) is 0. The summed E-state index contributed by atoms with van der Waals surface area (Å²) in [6.07, 6.45) is 1.79. The van der Waals surface area contributed by atoms with Crippen LogP contribution in [0.15, 0.2) is 10.6 Å². The molecule has 0 heterocycles. The van der Waals surface area contributed by atoms with Crippen molar-refractivity contribution in [3.05, 3.63) is 10.6 Å². The van der Waals surface area contributed by atoms with E-state index in [1.54, 1.807) is 6.08 Å². The molecular formula is C12H19Cl2NO. The lowest BCUT2D eigenvalue weighted by Gasteiger charge is -2.19. The molecule has 0 spiro atoms. The number of hydrogen-bond donors (Lipinski definition) is 0. The van der Waals surface area contributed by atoms with Crippen molar-refractivity contribution in [3.8, 4) is 0 Å². The van der Waals surface area contributed by atoms with E-state index in [1.807, 2.05) is 18.7 Å². The van der Waals surface area contributed by atoms with Gasteiger partial charge in [-0.2, -0.15) is 0 Å². The Kier molecular flexibility index (Phi) is 4.30. The number of allylic oxidation sites excluding steroid dienone is 1. The van der Waals surface area contributed by atoms with E-state index in [0.717, 1.165) is 13.1 Å². The van der Waals surface area contributed by atoms with Crippen molar-refractivity contribution in [3.63, 3.8) is 0 Å². The standard InChI is InChI=1S/C12H19Cl2NO/c1-5-15(6-2)11(16)10-8(7-9(13)14)12(10,3)4/h7-8,10H,5-6H2,1-4H3/t8-,10-/m1/s1. The molecule has 1 fully saturated rings. The van der Waals surface area contributed by atoms with Crippen LogP contribution < -0.4 is 0 Å². The summed E-state index contributed by atoms with van der Waals surface area (Å²) in [4.78, 5) is 14.0. The van der Waals surface area contributed by atoms with Crippen molar-refractivity contribution in [1.82, 2.24) is 4.90 Å². The van der Waals surface area contributed by atoms with E-state index in [-0.39, 0.29) is 27.6 Å². The second-order valence-corrected chi connectivity index (χ2v) is 5.80. The molecule has 0 N–H and O–H groups in total. The second-order valence-electron chi connectivity index (χ2n) is 4.79. The zero-order chi connectivity index (χ0) is 12.5. The van der Waals surface area contributed by atoms with Crippen molar-refractivity contribution in [2.75, 3.05) is 13.1 Å². The molecule has 1 amide bonds. The molecule has 0 radical (unpaired) electrons. The summed E-state index contributed by atoms with van der Waals surface area (Å²) in [5.41, 5.74) is -0.0191. The van der Waals surface area contributed by atoms with Gasteiger partial charge in [0, 0.05) is 13.1 Å². The minimum Gasteiger partial charge on any atom is -0.343 e. The van der Waals surface area contributed by atoms with Crippen LogP contribution in [0.1, 0.15) is 27.7 Å². The van der Waals surface area contributed by atoms with E-state index < -0.39 is 0 Å². The Morgan fingerprint density at radius 1 is 1.31 bits per heavy atom. The zero-order valence-electron chi connectivity index (χ0n) is 10.3. The van der Waals surface area contributed by atoms with E-state index >= 15 is 0 Å². The third-order valence-electron chi connectivity index (χ3n) is 3.56. The molecule has 0 saturated heterocycles. The highest BCUT2D eigenvalue weighted by atomic mass is 35.5. The molecule has 2 atom stereocenters. The molecule has 2 nitrogen and oxygen atoms in total. The van der Waals surface area contributed by atoms with Crippen LogP contribution >= 0.6 is 23.2 Å². The highest BCUT2D eigenvalue weighted by Gasteiger charge is 2.61. The summed E-state index contributed by atoms with van der Waals surface area (Å²) < 4.78 is 0.257. The molecular weight excluding hydrogens is 245 g/mol. The quantitative estimate of drug-likeness (QED) is 0.761. The average molecular weight is 264 g/mol. The molecule has 1 rings (SSSR count). The Bertz CT molecular complexity index is 304. The van der Waals surface area contributed by atoms with Crippen LogP contribution in [-0.2, 0) is 4.79 Å². The second kappa shape index (κ2) is 4.97. The molecule has 0 aromatic rings. The lowest BCUT2D eigenvalue weighted by Crippen LogP contribution is -2.33. The van der Waals surface area contributed by atoms with Gasteiger partial charge >= 0.3 is 0 Å². The molecule has 0 unspecified atom stereocenters. The van der Waals surface area contributed by atoms with Crippen LogP contribution in [0.25, 0.3) is 0 Å². The number of rotatable bonds is 4. The van der Waals surface area contributed by atoms with Crippen molar-refractivity contribution in [1.29, 1.82) is 0 Å². The van der Waals surface area contributed by atoms with Gasteiger partial charge in [0.15, 0.2) is 0 Å². The predicted molar refractivity (Wildman–Crippen MR) is 68.5 cm³/mol. The molecule has 0 aliphatic heterocycles. The van der Waals surface area contributed by atoms with Gasteiger partial charge in [0.1, 0.15) is 4.49 Å². The minimum absolute atomic E-state index is 0.0191. The van der Waals surface area contributed by atoms with Gasteiger partial charge in [-0.25, -0.2) is 0 Å². The molecule has 1 aliphatic rings. The largest absolute Gasteiger partial charge is 0.343 e. The fourth-order valence-electron chi connectivity index (χ4n) is 2.33. The minimum atomic E-state index is -0.0191. The number of carbonyl (C=O) groups excluding carboxylic acids is 1. The number of nitrogens with zero attached hydrogens (tertiary/aromatic N) is 1. The monoisotopic (exact) mass is 263 g/mol. The molecule has 1 saturated carbocycles. The number of halogens is 2. The van der Waals surface area contributed by atoms with Gasteiger partial charge in [0.2, 0.25) is 5.91 Å². The van der Waals surface area contributed by atoms with Crippen LogP contribution in [0.4, 0.5) is 0 Å². The topological polar surface area (TPSA) is 20.3 Å². The first kappa shape index (κ1) is 13.9. The third kappa shape index (κ3) is 2.54. The normalized spacial score (nSPS) is 26.1. The van der Waals surface area contributed by atoms with Gasteiger partial charge < -0.3 is 4.90 Å². The predicted octanol–water partition coefficient (Wildman–Crippen LogP) is 3.45. The molecule has 0 aromatic heterocycles. The number of hydrogen-bond acceptors (Lipinski definition) is 1. The van der Waals surface area contributed by atoms with Gasteiger partial charge in [-0.1, -0.05) is 37.0 Å². The van der Waals surface area contributed by atoms with Crippen molar-refractivity contribution in [2.24, 2.45) is 17.3 Å². The number of carbonyl (C=O) groups is 1. The van der Waals surface area contributed by atoms with Crippen LogP contribution in [0.2, 0.25) is 0 Å². The van der Waals surface area contributed by atoms with Gasteiger partial charge in [-0.15, -0.1) is 0 Å². The SMILES string of the molecule is CCN(CC)C(=O)[C@H]1[C@@H](C=C(Cl)Cl)C1(C)C. The Hall–Kier alpha value is -0.210. The Morgan fingerprint density at radius 3 is 2.19 bits per heavy atom. The summed E-state index contributed by atoms with van der Waals surface area (Å²) in [7, 11) is 0. The van der Waals surface area contributed by atoms with Crippen molar-refractivity contribution in [2.45, 2.75) is 27.7 Å². The maximum absolute atomic E-state index is 12.2. The fourth-order valence-corrected chi connectivity index (χ4v) is 2.60. The molecule has 1 aliphatic carbocycles. The molecule has 0 aromatic carbocycles. The summed E-state index contributed by atoms with van der Waals surface area (Å²) in [6.45, 7) is 9.67. The van der Waals surface area contributed by atoms with Crippen molar-refractivity contribution < 1.29 is 4.79 Å². The lowest BCUT2D eigenvalue weighted by atomic mass is 10.1. The first-order chi connectivity index (χ1) is 7.36. The molecule has 0 bridgehead atoms. The highest BCUT2D eigenvalue weighted by Crippen LogP contribution is 2.60. The molecule has 16 heavy (non-hydrogen) atoms. The van der Waals surface area contributed by atoms with Gasteiger partial charge in [-0.05, 0) is 31.3 Å². The van der Waals surface area contributed by atoms with Gasteiger partial charge in [0.25, 0.3) is 0 Å². The molecule has 92 valence electrons. The van der Waals surface area contributed by atoms with Crippen LogP contribution in [-0.4, -0.2) is 23.9 Å². The third-order valence-corrected chi connectivity index (χ3v) is 3.81. The van der Waals surface area contributed by atoms with Crippen LogP contribution in [0, 0.1) is 17.3 Å². The average Bonchev–Trinajstić information content (AvgIpc) is 2.68. The van der Waals surface area contributed by atoms with E-state index in [4.69, 9.17) is 23.2 Å². The maximum atomic E-state index is 12.2. The first-order valence-electron chi connectivity index (χ1n) is 5.67. The van der Waals surface area contributed by atoms with E-state index in [0.29, 0.717) is 0 Å². The fraction of sp³-hybridized carbons (Fsp3) is 0.750. The van der Waals surface area contributed by atoms with Crippen LogP contribution in [0.3, 0.4) is 0 Å². The summed E-state index contributed by atoms with van der Waals surface area (Å²) in [5.74, 6) is 0.413. The Morgan fingerprint density at radius 2 is 1.81 bits per heavy atom. The van der Waals surface area contributed by atoms with Crippen LogP contribution in [0.5, 0.6) is 0 Å². The van der Waals surface area contributed by atoms with Crippen molar-refractivity contribution >= 4 is 29.1 Å².